The van der Waals surface area contributed by atoms with Gasteiger partial charge in [-0.2, -0.15) is 0 Å². The Bertz CT molecular complexity index is 541. The Morgan fingerprint density at radius 3 is 2.67 bits per heavy atom. The van der Waals surface area contributed by atoms with Gasteiger partial charge in [-0.1, -0.05) is 0 Å². The molecule has 0 aliphatic heterocycles. The third-order valence-electron chi connectivity index (χ3n) is 3.60. The first-order valence-electron chi connectivity index (χ1n) is 6.49. The summed E-state index contributed by atoms with van der Waals surface area (Å²) in [5.41, 5.74) is 6.92. The Morgan fingerprint density at radius 2 is 2.05 bits per heavy atom. The summed E-state index contributed by atoms with van der Waals surface area (Å²) in [6.45, 7) is 0.702. The number of hydrogen-bond donors (Lipinski definition) is 2. The lowest BCUT2D eigenvalue weighted by molar-refractivity contribution is 0.345. The van der Waals surface area contributed by atoms with Gasteiger partial charge in [0, 0.05) is 43.2 Å². The normalized spacial score (nSPS) is 19.9. The van der Waals surface area contributed by atoms with Crippen LogP contribution in [0.5, 0.6) is 0 Å². The molecule has 0 aromatic carbocycles. The van der Waals surface area contributed by atoms with E-state index in [0.717, 1.165) is 30.2 Å². The maximum absolute atomic E-state index is 5.83. The first kappa shape index (κ1) is 17.7. The molecule has 1 aliphatic carbocycles. The Hall–Kier alpha value is -1.37. The first-order valence-corrected chi connectivity index (χ1v) is 6.49. The lowest BCUT2D eigenvalue weighted by atomic mass is 9.78. The first-order chi connectivity index (χ1) is 9.22. The Morgan fingerprint density at radius 1 is 1.29 bits per heavy atom. The van der Waals surface area contributed by atoms with Crippen molar-refractivity contribution in [1.82, 2.24) is 19.9 Å². The summed E-state index contributed by atoms with van der Waals surface area (Å²) in [7, 11) is 2.00. The van der Waals surface area contributed by atoms with Crippen LogP contribution < -0.4 is 10.6 Å². The molecule has 0 spiro atoms. The Balaban J connectivity index is 0.00000110. The number of rotatable bonds is 4. The molecule has 0 bridgehead atoms. The second-order valence-electron chi connectivity index (χ2n) is 5.12. The lowest BCUT2D eigenvalue weighted by Crippen LogP contribution is -2.35. The summed E-state index contributed by atoms with van der Waals surface area (Å²) in [5.74, 6) is 2.34. The molecule has 1 aliphatic rings. The van der Waals surface area contributed by atoms with Crippen molar-refractivity contribution in [1.29, 1.82) is 0 Å². The quantitative estimate of drug-likeness (QED) is 0.894. The van der Waals surface area contributed by atoms with Crippen molar-refractivity contribution < 1.29 is 0 Å². The van der Waals surface area contributed by atoms with Crippen molar-refractivity contribution in [3.05, 3.63) is 36.3 Å². The van der Waals surface area contributed by atoms with Crippen LogP contribution in [0.25, 0.3) is 0 Å². The highest BCUT2D eigenvalue weighted by Crippen LogP contribution is 2.35. The predicted molar refractivity (Wildman–Crippen MR) is 87.2 cm³/mol. The molecule has 2 aromatic rings. The van der Waals surface area contributed by atoms with Crippen molar-refractivity contribution in [2.45, 2.75) is 31.3 Å². The van der Waals surface area contributed by atoms with Crippen molar-refractivity contribution >= 4 is 30.6 Å². The van der Waals surface area contributed by atoms with Crippen molar-refractivity contribution in [2.75, 3.05) is 11.9 Å². The van der Waals surface area contributed by atoms with Gasteiger partial charge in [-0.05, 0) is 12.8 Å². The van der Waals surface area contributed by atoms with Crippen LogP contribution in [0.3, 0.4) is 0 Å². The zero-order valence-corrected chi connectivity index (χ0v) is 13.4. The van der Waals surface area contributed by atoms with Crippen LogP contribution in [-0.2, 0) is 6.54 Å². The minimum Gasteiger partial charge on any atom is -0.352 e. The average molecular weight is 331 g/mol. The lowest BCUT2D eigenvalue weighted by Gasteiger charge is -2.32. The fourth-order valence-electron chi connectivity index (χ4n) is 2.39. The molecule has 0 radical (unpaired) electrons. The number of nitrogens with two attached hydrogens (primary N) is 1. The van der Waals surface area contributed by atoms with E-state index < -0.39 is 0 Å². The van der Waals surface area contributed by atoms with Crippen LogP contribution in [0.1, 0.15) is 30.3 Å². The molecule has 0 saturated heterocycles. The van der Waals surface area contributed by atoms with Gasteiger partial charge in [-0.25, -0.2) is 15.0 Å². The fourth-order valence-corrected chi connectivity index (χ4v) is 2.39. The molecule has 6 nitrogen and oxygen atoms in total. The molecule has 2 aromatic heterocycles. The van der Waals surface area contributed by atoms with Gasteiger partial charge in [0.15, 0.2) is 0 Å². The molecule has 2 heterocycles. The largest absolute Gasteiger partial charge is 0.352 e. The molecule has 0 unspecified atom stereocenters. The number of halogens is 2. The van der Waals surface area contributed by atoms with E-state index in [-0.39, 0.29) is 24.8 Å². The van der Waals surface area contributed by atoms with Gasteiger partial charge in [0.2, 0.25) is 0 Å². The van der Waals surface area contributed by atoms with E-state index in [2.05, 4.69) is 30.9 Å². The molecule has 0 atom stereocenters. The summed E-state index contributed by atoms with van der Waals surface area (Å²) in [5, 5.41) is 0. The number of aromatic nitrogens is 4. The number of nitrogens with zero attached hydrogens (tertiary/aromatic N) is 4. The molecule has 0 amide bonds. The van der Waals surface area contributed by atoms with Gasteiger partial charge in [0.25, 0.3) is 0 Å². The molecule has 3 rings (SSSR count). The number of hydrogen-bond acceptors (Lipinski definition) is 5. The zero-order valence-electron chi connectivity index (χ0n) is 11.8. The SMILES string of the molecule is CN(Cc1ncc[nH]1)c1cc(C2CC(N)C2)ncn1.Cl.Cl. The van der Waals surface area contributed by atoms with Gasteiger partial charge >= 0.3 is 0 Å². The second-order valence-corrected chi connectivity index (χ2v) is 5.12. The van der Waals surface area contributed by atoms with Crippen LogP contribution in [0.15, 0.2) is 24.8 Å². The predicted octanol–water partition coefficient (Wildman–Crippen LogP) is 1.88. The summed E-state index contributed by atoms with van der Waals surface area (Å²) >= 11 is 0. The maximum atomic E-state index is 5.83. The van der Waals surface area contributed by atoms with Crippen LogP contribution in [0.4, 0.5) is 5.82 Å². The zero-order chi connectivity index (χ0) is 13.2. The standard InChI is InChI=1S/C13H18N6.2ClH/c1-19(7-12-15-2-3-16-12)13-6-11(17-8-18-13)9-4-10(14)5-9;;/h2-3,6,8-10H,4-5,7,14H2,1H3,(H,15,16);2*1H. The molecular weight excluding hydrogens is 311 g/mol. The van der Waals surface area contributed by atoms with Gasteiger partial charge in [-0.15, -0.1) is 24.8 Å². The number of nitrogens with one attached hydrogen (secondary N) is 1. The number of aromatic amines is 1. The molecule has 1 fully saturated rings. The van der Waals surface area contributed by atoms with E-state index in [4.69, 9.17) is 5.73 Å². The van der Waals surface area contributed by atoms with E-state index in [1.165, 1.54) is 0 Å². The molecule has 3 N–H and O–H groups in total. The summed E-state index contributed by atoms with van der Waals surface area (Å²) in [6.07, 6.45) is 7.26. The van der Waals surface area contributed by atoms with E-state index in [9.17, 15) is 0 Å². The Kier molecular flexibility index (Phi) is 6.39. The molecule has 21 heavy (non-hydrogen) atoms. The minimum atomic E-state index is 0. The number of imidazole rings is 1. The summed E-state index contributed by atoms with van der Waals surface area (Å²) < 4.78 is 0. The van der Waals surface area contributed by atoms with E-state index >= 15 is 0 Å². The topological polar surface area (TPSA) is 83.7 Å². The highest BCUT2D eigenvalue weighted by Gasteiger charge is 2.28. The molecular formula is C13H20Cl2N6. The molecule has 8 heteroatoms. The third kappa shape index (κ3) is 4.06. The Labute approximate surface area is 136 Å². The second kappa shape index (κ2) is 7.59. The van der Waals surface area contributed by atoms with Crippen molar-refractivity contribution in [2.24, 2.45) is 5.73 Å². The third-order valence-corrected chi connectivity index (χ3v) is 3.60. The van der Waals surface area contributed by atoms with Crippen molar-refractivity contribution in [3.63, 3.8) is 0 Å². The molecule has 116 valence electrons. The van der Waals surface area contributed by atoms with Crippen LogP contribution >= 0.6 is 24.8 Å². The number of anilines is 1. The van der Waals surface area contributed by atoms with Crippen LogP contribution in [0, 0.1) is 0 Å². The van der Waals surface area contributed by atoms with Gasteiger partial charge < -0.3 is 15.6 Å². The van der Waals surface area contributed by atoms with E-state index in [0.29, 0.717) is 18.5 Å². The monoisotopic (exact) mass is 330 g/mol. The summed E-state index contributed by atoms with van der Waals surface area (Å²) in [4.78, 5) is 18.0. The maximum Gasteiger partial charge on any atom is 0.132 e. The van der Waals surface area contributed by atoms with E-state index in [1.54, 1.807) is 12.5 Å². The molecule has 1 saturated carbocycles. The van der Waals surface area contributed by atoms with Crippen molar-refractivity contribution in [3.8, 4) is 0 Å². The van der Waals surface area contributed by atoms with E-state index in [1.807, 2.05) is 13.2 Å². The number of H-pyrrole nitrogens is 1. The smallest absolute Gasteiger partial charge is 0.132 e. The summed E-state index contributed by atoms with van der Waals surface area (Å²) in [6, 6.07) is 2.39. The van der Waals surface area contributed by atoms with Gasteiger partial charge in [0.1, 0.15) is 18.0 Å². The van der Waals surface area contributed by atoms with Gasteiger partial charge in [0.05, 0.1) is 6.54 Å². The van der Waals surface area contributed by atoms with Crippen LogP contribution in [0.2, 0.25) is 0 Å². The van der Waals surface area contributed by atoms with Crippen LogP contribution in [-0.4, -0.2) is 33.0 Å². The fraction of sp³-hybridized carbons (Fsp3) is 0.462. The van der Waals surface area contributed by atoms with Gasteiger partial charge in [-0.3, -0.25) is 0 Å². The highest BCUT2D eigenvalue weighted by atomic mass is 35.5. The minimum absolute atomic E-state index is 0. The highest BCUT2D eigenvalue weighted by molar-refractivity contribution is 5.85. The average Bonchev–Trinajstić information content (AvgIpc) is 2.88.